The van der Waals surface area contributed by atoms with E-state index in [4.69, 9.17) is 0 Å². The second-order valence-electron chi connectivity index (χ2n) is 5.72. The Labute approximate surface area is 144 Å². The van der Waals surface area contributed by atoms with Crippen LogP contribution >= 0.6 is 0 Å². The Hall–Kier alpha value is -1.84. The third-order valence-corrected chi connectivity index (χ3v) is 4.12. The Balaban J connectivity index is 0.00000192. The lowest BCUT2D eigenvalue weighted by Gasteiger charge is -2.26. The lowest BCUT2D eigenvalue weighted by Crippen LogP contribution is -3.00. The summed E-state index contributed by atoms with van der Waals surface area (Å²) in [5.41, 5.74) is 3.08. The van der Waals surface area contributed by atoms with Gasteiger partial charge in [0.15, 0.2) is 0 Å². The first-order valence-corrected chi connectivity index (χ1v) is 7.98. The fourth-order valence-corrected chi connectivity index (χ4v) is 2.95. The Morgan fingerprint density at radius 3 is 2.48 bits per heavy atom. The van der Waals surface area contributed by atoms with E-state index in [9.17, 15) is 4.79 Å². The second-order valence-corrected chi connectivity index (χ2v) is 5.72. The summed E-state index contributed by atoms with van der Waals surface area (Å²) < 4.78 is 0. The van der Waals surface area contributed by atoms with Crippen LogP contribution in [-0.4, -0.2) is 17.4 Å². The topological polar surface area (TPSA) is 32.3 Å². The number of nitrogens with one attached hydrogen (secondary N) is 1. The number of unbranched alkanes of at least 4 members (excludes halogenated alkanes) is 1. The second kappa shape index (κ2) is 8.14. The summed E-state index contributed by atoms with van der Waals surface area (Å²) in [7, 11) is 0. The van der Waals surface area contributed by atoms with E-state index in [-0.39, 0.29) is 24.5 Å². The Morgan fingerprint density at radius 2 is 1.74 bits per heavy atom. The molecule has 3 rings (SSSR count). The maximum absolute atomic E-state index is 12.7. The molecule has 0 spiro atoms. The van der Waals surface area contributed by atoms with E-state index in [2.05, 4.69) is 30.4 Å². The predicted octanol–water partition coefficient (Wildman–Crippen LogP) is 0.735. The van der Waals surface area contributed by atoms with Crippen molar-refractivity contribution in [1.29, 1.82) is 0 Å². The van der Waals surface area contributed by atoms with E-state index in [1.165, 1.54) is 0 Å². The van der Waals surface area contributed by atoms with Crippen molar-refractivity contribution >= 4 is 5.91 Å². The van der Waals surface area contributed by atoms with Crippen LogP contribution in [0.25, 0.3) is 0 Å². The van der Waals surface area contributed by atoms with Crippen molar-refractivity contribution in [2.24, 2.45) is 0 Å². The molecule has 1 atom stereocenters. The number of amides is 1. The molecule has 122 valence electrons. The zero-order valence-corrected chi connectivity index (χ0v) is 14.1. The van der Waals surface area contributed by atoms with Gasteiger partial charge in [-0.15, -0.1) is 0 Å². The highest BCUT2D eigenvalue weighted by Gasteiger charge is 2.35. The molecule has 0 aromatic heterocycles. The number of carbonyl (C=O) groups excluding carboxylic acids is 1. The van der Waals surface area contributed by atoms with Crippen LogP contribution in [0.4, 0.5) is 0 Å². The van der Waals surface area contributed by atoms with Gasteiger partial charge in [-0.1, -0.05) is 61.9 Å². The maximum Gasteiger partial charge on any atom is 0.256 e. The first-order valence-electron chi connectivity index (χ1n) is 7.98. The monoisotopic (exact) mass is 329 g/mol. The van der Waals surface area contributed by atoms with Crippen molar-refractivity contribution in [3.63, 3.8) is 0 Å². The van der Waals surface area contributed by atoms with E-state index in [0.29, 0.717) is 6.54 Å². The van der Waals surface area contributed by atoms with Crippen molar-refractivity contribution in [2.75, 3.05) is 6.54 Å². The quantitative estimate of drug-likeness (QED) is 0.793. The predicted molar refractivity (Wildman–Crippen MR) is 88.4 cm³/mol. The van der Waals surface area contributed by atoms with Gasteiger partial charge in [0.1, 0.15) is 6.17 Å². The molecule has 3 nitrogen and oxygen atoms in total. The summed E-state index contributed by atoms with van der Waals surface area (Å²) in [5.74, 6) is 0.119. The van der Waals surface area contributed by atoms with Gasteiger partial charge < -0.3 is 17.3 Å². The Morgan fingerprint density at radius 1 is 1.04 bits per heavy atom. The van der Waals surface area contributed by atoms with Crippen molar-refractivity contribution in [3.05, 3.63) is 71.3 Å². The molecule has 2 aromatic rings. The van der Waals surface area contributed by atoms with Gasteiger partial charge in [0.2, 0.25) is 0 Å². The smallest absolute Gasteiger partial charge is 0.256 e. The van der Waals surface area contributed by atoms with Gasteiger partial charge in [-0.2, -0.15) is 0 Å². The van der Waals surface area contributed by atoms with Gasteiger partial charge >= 0.3 is 0 Å². The van der Waals surface area contributed by atoms with Gasteiger partial charge in [0.25, 0.3) is 5.91 Å². The third kappa shape index (κ3) is 3.74. The van der Waals surface area contributed by atoms with Crippen molar-refractivity contribution in [2.45, 2.75) is 32.5 Å². The minimum atomic E-state index is -0.0181. The van der Waals surface area contributed by atoms with Crippen LogP contribution in [0.15, 0.2) is 54.6 Å². The number of fused-ring (bicyclic) bond motifs is 1. The van der Waals surface area contributed by atoms with Gasteiger partial charge in [-0.25, -0.2) is 0 Å². The molecule has 0 saturated heterocycles. The van der Waals surface area contributed by atoms with Gasteiger partial charge in [-0.3, -0.25) is 10.1 Å². The van der Waals surface area contributed by atoms with Crippen LogP contribution in [0.5, 0.6) is 0 Å². The van der Waals surface area contributed by atoms with Gasteiger partial charge in [0.05, 0.1) is 0 Å². The van der Waals surface area contributed by atoms with E-state index < -0.39 is 0 Å². The number of rotatable bonds is 6. The summed E-state index contributed by atoms with van der Waals surface area (Å²) in [6, 6.07) is 18.1. The highest BCUT2D eigenvalue weighted by molar-refractivity contribution is 5.99. The fourth-order valence-electron chi connectivity index (χ4n) is 2.95. The Bertz CT molecular complexity index is 645. The summed E-state index contributed by atoms with van der Waals surface area (Å²) in [5, 5.41) is 3.54. The van der Waals surface area contributed by atoms with Crippen molar-refractivity contribution in [3.8, 4) is 0 Å². The molecule has 1 N–H and O–H groups in total. The minimum Gasteiger partial charge on any atom is -1.00 e. The van der Waals surface area contributed by atoms with Crippen LogP contribution in [0.1, 0.15) is 47.4 Å². The Kier molecular flexibility index (Phi) is 6.20. The molecule has 0 aliphatic carbocycles. The molecule has 4 heteroatoms. The zero-order chi connectivity index (χ0) is 15.4. The number of nitrogens with zero attached hydrogens (tertiary/aromatic N) is 1. The molecular formula is C19H22ClN2O-. The number of hydrogen-bond acceptors (Lipinski definition) is 2. The van der Waals surface area contributed by atoms with E-state index in [1.807, 2.05) is 41.3 Å². The maximum atomic E-state index is 12.7. The molecule has 0 saturated carbocycles. The molecule has 2 aromatic carbocycles. The molecule has 0 radical (unpaired) electrons. The molecule has 1 unspecified atom stereocenters. The average molecular weight is 330 g/mol. The minimum absolute atomic E-state index is 0. The molecule has 1 aliphatic rings. The molecule has 1 aliphatic heterocycles. The summed E-state index contributed by atoms with van der Waals surface area (Å²) in [6.07, 6.45) is 2.25. The molecule has 0 fully saturated rings. The van der Waals surface area contributed by atoms with Crippen LogP contribution in [0.3, 0.4) is 0 Å². The SMILES string of the molecule is CCCCNC1c2ccccc2C(=O)N1Cc1ccccc1.[Cl-]. The van der Waals surface area contributed by atoms with E-state index in [1.54, 1.807) is 0 Å². The van der Waals surface area contributed by atoms with Crippen LogP contribution in [-0.2, 0) is 6.54 Å². The highest BCUT2D eigenvalue weighted by Crippen LogP contribution is 2.32. The highest BCUT2D eigenvalue weighted by atomic mass is 35.5. The number of benzene rings is 2. The van der Waals surface area contributed by atoms with Crippen LogP contribution in [0.2, 0.25) is 0 Å². The lowest BCUT2D eigenvalue weighted by molar-refractivity contribution is -0.0000152. The lowest BCUT2D eigenvalue weighted by atomic mass is 10.1. The molecule has 1 amide bonds. The fraction of sp³-hybridized carbons (Fsp3) is 0.316. The molecule has 1 heterocycles. The molecule has 23 heavy (non-hydrogen) atoms. The first-order chi connectivity index (χ1) is 10.8. The van der Waals surface area contributed by atoms with Crippen LogP contribution < -0.4 is 17.7 Å². The number of hydrogen-bond donors (Lipinski definition) is 1. The van der Waals surface area contributed by atoms with E-state index >= 15 is 0 Å². The number of carbonyl (C=O) groups is 1. The molecular weight excluding hydrogens is 308 g/mol. The summed E-state index contributed by atoms with van der Waals surface area (Å²) in [6.45, 7) is 3.74. The van der Waals surface area contributed by atoms with Crippen LogP contribution in [0, 0.1) is 0 Å². The number of halogens is 1. The first kappa shape index (κ1) is 17.5. The largest absolute Gasteiger partial charge is 1.00 e. The standard InChI is InChI=1S/C19H22N2O.ClH/c1-2-3-13-20-18-16-11-7-8-12-17(16)19(22)21(18)14-15-9-5-4-6-10-15;/h4-12,18,20H,2-3,13-14H2,1H3;1H/p-1. The molecule has 0 bridgehead atoms. The van der Waals surface area contributed by atoms with Crippen molar-refractivity contribution in [1.82, 2.24) is 10.2 Å². The summed E-state index contributed by atoms with van der Waals surface area (Å²) in [4.78, 5) is 14.7. The van der Waals surface area contributed by atoms with Gasteiger partial charge in [-0.05, 0) is 24.6 Å². The third-order valence-electron chi connectivity index (χ3n) is 4.12. The van der Waals surface area contributed by atoms with Crippen molar-refractivity contribution < 1.29 is 17.2 Å². The zero-order valence-electron chi connectivity index (χ0n) is 13.3. The van der Waals surface area contributed by atoms with E-state index in [0.717, 1.165) is 36.1 Å². The average Bonchev–Trinajstić information content (AvgIpc) is 2.82. The summed E-state index contributed by atoms with van der Waals surface area (Å²) >= 11 is 0. The normalized spacial score (nSPS) is 16.1. The van der Waals surface area contributed by atoms with Gasteiger partial charge in [0, 0.05) is 17.7 Å².